The molecule has 1 aliphatic carbocycles. The summed E-state index contributed by atoms with van der Waals surface area (Å²) < 4.78 is 0. The molecule has 138 valence electrons. The van der Waals surface area contributed by atoms with Gasteiger partial charge in [-0.15, -0.1) is 24.8 Å². The van der Waals surface area contributed by atoms with E-state index in [1.165, 1.54) is 33.0 Å². The third kappa shape index (κ3) is 4.40. The number of hydrogen-bond acceptors (Lipinski definition) is 1. The van der Waals surface area contributed by atoms with Crippen LogP contribution in [-0.2, 0) is 28.3 Å². The molecule has 3 aromatic rings. The molecule has 0 heterocycles. The molecule has 0 radical (unpaired) electrons. The van der Waals surface area contributed by atoms with Crippen LogP contribution in [0.5, 0.6) is 0 Å². The maximum atomic E-state index is 9.84. The van der Waals surface area contributed by atoms with Gasteiger partial charge < -0.3 is 5.11 Å². The number of halogens is 2. The minimum absolute atomic E-state index is 0. The average Bonchev–Trinajstić information content (AvgIpc) is 3.06. The van der Waals surface area contributed by atoms with Gasteiger partial charge in [-0.3, -0.25) is 0 Å². The Bertz CT molecular complexity index is 993. The van der Waals surface area contributed by atoms with Crippen molar-refractivity contribution in [2.45, 2.75) is 20.0 Å². The molecule has 0 aromatic heterocycles. The van der Waals surface area contributed by atoms with Crippen LogP contribution >= 0.6 is 24.8 Å². The monoisotopic (exact) mass is 432 g/mol. The summed E-state index contributed by atoms with van der Waals surface area (Å²) in [5.41, 5.74) is 7.31. The molecule has 0 spiro atoms. The zero-order chi connectivity index (χ0) is 16.5. The zero-order valence-corrected chi connectivity index (χ0v) is 18.3. The standard InChI is InChI=1S/C23H20O.2ClH.Ti/c1-16-7-6-12-19(16)22-14-13-17-8-2-4-10-20(17)23(22)21-11-5-3-9-18(21)15-24;;;/h2-11,13-14,24H,12,15H2,1H3;2*1H;. The van der Waals surface area contributed by atoms with E-state index in [0.717, 1.165) is 17.5 Å². The van der Waals surface area contributed by atoms with E-state index in [1.54, 1.807) is 0 Å². The number of fused-ring (bicyclic) bond motifs is 1. The summed E-state index contributed by atoms with van der Waals surface area (Å²) in [6.07, 6.45) is 5.40. The Morgan fingerprint density at radius 3 is 2.26 bits per heavy atom. The molecule has 0 amide bonds. The minimum Gasteiger partial charge on any atom is -0.392 e. The van der Waals surface area contributed by atoms with E-state index in [-0.39, 0.29) is 53.1 Å². The summed E-state index contributed by atoms with van der Waals surface area (Å²) >= 11 is 0. The second-order valence-corrected chi connectivity index (χ2v) is 6.29. The third-order valence-corrected chi connectivity index (χ3v) is 4.88. The molecule has 0 fully saturated rings. The van der Waals surface area contributed by atoms with Crippen LogP contribution in [0.1, 0.15) is 24.5 Å². The van der Waals surface area contributed by atoms with Crippen LogP contribution in [0.4, 0.5) is 0 Å². The Morgan fingerprint density at radius 2 is 1.56 bits per heavy atom. The largest absolute Gasteiger partial charge is 0.392 e. The summed E-state index contributed by atoms with van der Waals surface area (Å²) in [5.74, 6) is 0. The number of aliphatic hydroxyl groups excluding tert-OH is 1. The van der Waals surface area contributed by atoms with Crippen molar-refractivity contribution in [1.82, 2.24) is 0 Å². The second kappa shape index (κ2) is 10.3. The maximum Gasteiger partial charge on any atom is 0.0687 e. The average molecular weight is 433 g/mol. The molecule has 4 heteroatoms. The van der Waals surface area contributed by atoms with Gasteiger partial charge in [0.15, 0.2) is 0 Å². The third-order valence-electron chi connectivity index (χ3n) is 4.88. The summed E-state index contributed by atoms with van der Waals surface area (Å²) in [5, 5.41) is 12.3. The van der Waals surface area contributed by atoms with Gasteiger partial charge in [0.1, 0.15) is 0 Å². The topological polar surface area (TPSA) is 20.2 Å². The normalized spacial score (nSPS) is 12.4. The van der Waals surface area contributed by atoms with Crippen molar-refractivity contribution in [3.63, 3.8) is 0 Å². The predicted molar refractivity (Wildman–Crippen MR) is 116 cm³/mol. The van der Waals surface area contributed by atoms with Gasteiger partial charge in [0.2, 0.25) is 0 Å². The van der Waals surface area contributed by atoms with Crippen LogP contribution in [-0.4, -0.2) is 5.11 Å². The van der Waals surface area contributed by atoms with Crippen LogP contribution in [0, 0.1) is 0 Å². The number of hydrogen-bond donors (Lipinski definition) is 1. The minimum atomic E-state index is 0. The van der Waals surface area contributed by atoms with E-state index in [2.05, 4.69) is 61.5 Å². The molecule has 1 aliphatic rings. The number of benzene rings is 3. The van der Waals surface area contributed by atoms with E-state index in [1.807, 2.05) is 18.2 Å². The van der Waals surface area contributed by atoms with Crippen LogP contribution < -0.4 is 0 Å². The summed E-state index contributed by atoms with van der Waals surface area (Å²) in [6.45, 7) is 2.23. The molecular formula is C23H22Cl2OTi. The molecule has 0 unspecified atom stereocenters. The van der Waals surface area contributed by atoms with E-state index in [9.17, 15) is 5.11 Å². The van der Waals surface area contributed by atoms with Gasteiger partial charge in [0.25, 0.3) is 0 Å². The Morgan fingerprint density at radius 1 is 0.852 bits per heavy atom. The zero-order valence-electron chi connectivity index (χ0n) is 15.1. The maximum absolute atomic E-state index is 9.84. The summed E-state index contributed by atoms with van der Waals surface area (Å²) in [7, 11) is 0. The molecule has 0 saturated heterocycles. The summed E-state index contributed by atoms with van der Waals surface area (Å²) in [4.78, 5) is 0. The predicted octanol–water partition coefficient (Wildman–Crippen LogP) is 6.57. The smallest absolute Gasteiger partial charge is 0.0687 e. The fraction of sp³-hybridized carbons (Fsp3) is 0.130. The van der Waals surface area contributed by atoms with Crippen molar-refractivity contribution in [2.24, 2.45) is 0 Å². The quantitative estimate of drug-likeness (QED) is 0.463. The molecule has 0 atom stereocenters. The van der Waals surface area contributed by atoms with Crippen molar-refractivity contribution in [3.05, 3.63) is 89.5 Å². The van der Waals surface area contributed by atoms with E-state index < -0.39 is 0 Å². The second-order valence-electron chi connectivity index (χ2n) is 6.29. The van der Waals surface area contributed by atoms with Gasteiger partial charge in [-0.2, -0.15) is 0 Å². The Hall–Kier alpha value is -1.35. The fourth-order valence-electron chi connectivity index (χ4n) is 3.65. The number of rotatable bonds is 3. The Kier molecular flexibility index (Phi) is 9.01. The van der Waals surface area contributed by atoms with Crippen molar-refractivity contribution in [3.8, 4) is 11.1 Å². The van der Waals surface area contributed by atoms with Gasteiger partial charge in [-0.25, -0.2) is 0 Å². The molecular weight excluding hydrogens is 411 g/mol. The number of allylic oxidation sites excluding steroid dienone is 4. The first-order chi connectivity index (χ1) is 11.8. The van der Waals surface area contributed by atoms with Gasteiger partial charge in [0.05, 0.1) is 6.61 Å². The van der Waals surface area contributed by atoms with Crippen LogP contribution in [0.3, 0.4) is 0 Å². The molecule has 0 saturated carbocycles. The first-order valence-corrected chi connectivity index (χ1v) is 8.37. The fourth-order valence-corrected chi connectivity index (χ4v) is 3.65. The molecule has 0 bridgehead atoms. The first kappa shape index (κ1) is 23.7. The molecule has 1 nitrogen and oxygen atoms in total. The van der Waals surface area contributed by atoms with Crippen LogP contribution in [0.2, 0.25) is 0 Å². The molecule has 0 aliphatic heterocycles. The molecule has 4 rings (SSSR count). The Balaban J connectivity index is 0.00000121. The SMILES string of the molecule is CC1=C(c2ccc3ccccc3c2-c2ccccc2CO)CC=C1.Cl.Cl.[Ti]. The van der Waals surface area contributed by atoms with Crippen LogP contribution in [0.15, 0.2) is 78.4 Å². The van der Waals surface area contributed by atoms with Crippen LogP contribution in [0.25, 0.3) is 27.5 Å². The van der Waals surface area contributed by atoms with Crippen molar-refractivity contribution in [1.29, 1.82) is 0 Å². The summed E-state index contributed by atoms with van der Waals surface area (Å²) in [6, 6.07) is 21.1. The van der Waals surface area contributed by atoms with Gasteiger partial charge in [-0.05, 0) is 57.5 Å². The molecule has 3 aromatic carbocycles. The van der Waals surface area contributed by atoms with Crippen molar-refractivity contribution in [2.75, 3.05) is 0 Å². The van der Waals surface area contributed by atoms with E-state index in [4.69, 9.17) is 0 Å². The van der Waals surface area contributed by atoms with E-state index >= 15 is 0 Å². The van der Waals surface area contributed by atoms with Crippen molar-refractivity contribution < 1.29 is 26.8 Å². The Labute approximate surface area is 187 Å². The molecule has 27 heavy (non-hydrogen) atoms. The number of aliphatic hydroxyl groups is 1. The molecule has 1 N–H and O–H groups in total. The first-order valence-electron chi connectivity index (χ1n) is 8.37. The van der Waals surface area contributed by atoms with Gasteiger partial charge in [0, 0.05) is 21.7 Å². The van der Waals surface area contributed by atoms with E-state index in [0.29, 0.717) is 0 Å². The van der Waals surface area contributed by atoms with Gasteiger partial charge >= 0.3 is 0 Å². The van der Waals surface area contributed by atoms with Gasteiger partial charge in [-0.1, -0.05) is 72.8 Å². The van der Waals surface area contributed by atoms with Crippen molar-refractivity contribution >= 4 is 41.2 Å².